The first-order chi connectivity index (χ1) is 15.3. The second-order valence-corrected chi connectivity index (χ2v) is 10.6. The van der Waals surface area contributed by atoms with Crippen LogP contribution in [0.5, 0.6) is 0 Å². The van der Waals surface area contributed by atoms with E-state index in [1.165, 1.54) is 11.2 Å². The normalized spacial score (nSPS) is 19.6. The van der Waals surface area contributed by atoms with Crippen LogP contribution in [-0.4, -0.2) is 43.7 Å². The van der Waals surface area contributed by atoms with E-state index >= 15 is 0 Å². The number of hydrogen-bond donors (Lipinski definition) is 1. The molecule has 2 amide bonds. The number of carbonyl (C=O) groups is 2. The number of anilines is 1. The number of fused-ring (bicyclic) bond motifs is 1. The predicted octanol–water partition coefficient (Wildman–Crippen LogP) is 2.70. The Labute approximate surface area is 189 Å². The third-order valence-corrected chi connectivity index (χ3v) is 8.27. The van der Waals surface area contributed by atoms with Crippen LogP contribution >= 0.6 is 0 Å². The summed E-state index contributed by atoms with van der Waals surface area (Å²) in [5.41, 5.74) is 2.71. The molecule has 2 aliphatic rings. The first-order valence-corrected chi connectivity index (χ1v) is 12.5. The van der Waals surface area contributed by atoms with Gasteiger partial charge in [-0.15, -0.1) is 0 Å². The van der Waals surface area contributed by atoms with E-state index in [0.717, 1.165) is 16.8 Å². The van der Waals surface area contributed by atoms with Crippen LogP contribution in [0.4, 0.5) is 5.69 Å². The van der Waals surface area contributed by atoms with Crippen molar-refractivity contribution in [3.63, 3.8) is 0 Å². The number of nitrogens with zero attached hydrogens (tertiary/aromatic N) is 2. The van der Waals surface area contributed by atoms with Crippen molar-refractivity contribution in [3.05, 3.63) is 59.7 Å². The predicted molar refractivity (Wildman–Crippen MR) is 123 cm³/mol. The highest BCUT2D eigenvalue weighted by Crippen LogP contribution is 2.35. The fourth-order valence-electron chi connectivity index (χ4n) is 4.68. The summed E-state index contributed by atoms with van der Waals surface area (Å²) < 4.78 is 27.9. The summed E-state index contributed by atoms with van der Waals surface area (Å²) >= 11 is 0. The van der Waals surface area contributed by atoms with Crippen LogP contribution in [0.25, 0.3) is 0 Å². The van der Waals surface area contributed by atoms with Gasteiger partial charge in [0.1, 0.15) is 0 Å². The van der Waals surface area contributed by atoms with Crippen molar-refractivity contribution in [2.75, 3.05) is 18.0 Å². The number of piperidine rings is 1. The van der Waals surface area contributed by atoms with Crippen molar-refractivity contribution < 1.29 is 18.0 Å². The van der Waals surface area contributed by atoms with Crippen LogP contribution in [0, 0.1) is 5.92 Å². The molecule has 4 rings (SSSR count). The molecule has 2 heterocycles. The lowest BCUT2D eigenvalue weighted by Gasteiger charge is -2.30. The number of carbonyl (C=O) groups excluding carboxylic acids is 2. The molecular weight excluding hydrogens is 426 g/mol. The van der Waals surface area contributed by atoms with E-state index in [4.69, 9.17) is 0 Å². The van der Waals surface area contributed by atoms with Crippen molar-refractivity contribution >= 4 is 27.5 Å². The standard InChI is InChI=1S/C24H29N3O4S/c1-17-14-21-15-22(8-9-23(21)27(17)18(2)28)32(30,31)26-12-10-20(11-13-26)24(29)25-16-19-6-4-3-5-7-19/h3-9,15,17,20H,10-14,16H2,1-2H3,(H,25,29)/t17-/m0/s1. The average molecular weight is 456 g/mol. The van der Waals surface area contributed by atoms with Gasteiger partial charge in [0.2, 0.25) is 21.8 Å². The Kier molecular flexibility index (Phi) is 6.35. The molecule has 0 aromatic heterocycles. The van der Waals surface area contributed by atoms with E-state index in [9.17, 15) is 18.0 Å². The Morgan fingerprint density at radius 2 is 1.75 bits per heavy atom. The maximum Gasteiger partial charge on any atom is 0.243 e. The van der Waals surface area contributed by atoms with Crippen LogP contribution < -0.4 is 10.2 Å². The largest absolute Gasteiger partial charge is 0.352 e. The zero-order valence-corrected chi connectivity index (χ0v) is 19.3. The lowest BCUT2D eigenvalue weighted by atomic mass is 9.97. The molecule has 2 aliphatic heterocycles. The molecule has 0 unspecified atom stereocenters. The van der Waals surface area contributed by atoms with Crippen molar-refractivity contribution in [2.45, 2.75) is 50.6 Å². The first kappa shape index (κ1) is 22.5. The minimum Gasteiger partial charge on any atom is -0.352 e. The number of amides is 2. The molecule has 0 spiro atoms. The zero-order valence-electron chi connectivity index (χ0n) is 18.5. The summed E-state index contributed by atoms with van der Waals surface area (Å²) in [6.45, 7) is 4.60. The minimum atomic E-state index is -3.65. The summed E-state index contributed by atoms with van der Waals surface area (Å²) in [7, 11) is -3.65. The lowest BCUT2D eigenvalue weighted by molar-refractivity contribution is -0.126. The monoisotopic (exact) mass is 455 g/mol. The summed E-state index contributed by atoms with van der Waals surface area (Å²) in [6.07, 6.45) is 1.64. The number of benzene rings is 2. The zero-order chi connectivity index (χ0) is 22.9. The number of nitrogens with one attached hydrogen (secondary N) is 1. The Hall–Kier alpha value is -2.71. The molecule has 2 aromatic rings. The third-order valence-electron chi connectivity index (χ3n) is 6.38. The third kappa shape index (κ3) is 4.42. The van der Waals surface area contributed by atoms with Crippen LogP contribution in [-0.2, 0) is 32.6 Å². The van der Waals surface area contributed by atoms with Crippen LogP contribution in [0.15, 0.2) is 53.4 Å². The Morgan fingerprint density at radius 3 is 2.41 bits per heavy atom. The average Bonchev–Trinajstić information content (AvgIpc) is 3.13. The fourth-order valence-corrected chi connectivity index (χ4v) is 6.21. The Morgan fingerprint density at radius 1 is 1.06 bits per heavy atom. The van der Waals surface area contributed by atoms with Gasteiger partial charge in [-0.3, -0.25) is 9.59 Å². The van der Waals surface area contributed by atoms with E-state index in [1.807, 2.05) is 37.3 Å². The fraction of sp³-hybridized carbons (Fsp3) is 0.417. The molecule has 2 aromatic carbocycles. The topological polar surface area (TPSA) is 86.8 Å². The Bertz CT molecular complexity index is 1110. The highest BCUT2D eigenvalue weighted by atomic mass is 32.2. The molecule has 8 heteroatoms. The maximum atomic E-state index is 13.2. The highest BCUT2D eigenvalue weighted by molar-refractivity contribution is 7.89. The minimum absolute atomic E-state index is 0.0191. The van der Waals surface area contributed by atoms with Crippen molar-refractivity contribution in [2.24, 2.45) is 5.92 Å². The van der Waals surface area contributed by atoms with Gasteiger partial charge in [-0.1, -0.05) is 30.3 Å². The van der Waals surface area contributed by atoms with Crippen molar-refractivity contribution in [1.29, 1.82) is 0 Å². The Balaban J connectivity index is 1.39. The van der Waals surface area contributed by atoms with Gasteiger partial charge in [-0.05, 0) is 55.5 Å². The molecule has 0 bridgehead atoms. The van der Waals surface area contributed by atoms with Gasteiger partial charge in [0.15, 0.2) is 0 Å². The summed E-state index contributed by atoms with van der Waals surface area (Å²) in [5, 5.41) is 2.96. The van der Waals surface area contributed by atoms with Gasteiger partial charge in [0.05, 0.1) is 4.90 Å². The SMILES string of the molecule is CC(=O)N1c2ccc(S(=O)(=O)N3CCC(C(=O)NCc4ccccc4)CC3)cc2C[C@@H]1C. The number of rotatable bonds is 5. The van der Waals surface area contributed by atoms with Crippen LogP contribution in [0.2, 0.25) is 0 Å². The van der Waals surface area contributed by atoms with Gasteiger partial charge in [0, 0.05) is 44.2 Å². The van der Waals surface area contributed by atoms with E-state index < -0.39 is 10.0 Å². The summed E-state index contributed by atoms with van der Waals surface area (Å²) in [4.78, 5) is 26.4. The van der Waals surface area contributed by atoms with E-state index in [0.29, 0.717) is 38.9 Å². The second kappa shape index (κ2) is 9.03. The molecule has 1 fully saturated rings. The van der Waals surface area contributed by atoms with Gasteiger partial charge >= 0.3 is 0 Å². The van der Waals surface area contributed by atoms with E-state index in [2.05, 4.69) is 5.32 Å². The second-order valence-electron chi connectivity index (χ2n) is 8.61. The number of hydrogen-bond acceptors (Lipinski definition) is 4. The smallest absolute Gasteiger partial charge is 0.243 e. The molecule has 32 heavy (non-hydrogen) atoms. The molecule has 170 valence electrons. The molecule has 7 nitrogen and oxygen atoms in total. The molecule has 0 aliphatic carbocycles. The molecule has 1 N–H and O–H groups in total. The van der Waals surface area contributed by atoms with Gasteiger partial charge in [-0.25, -0.2) is 8.42 Å². The van der Waals surface area contributed by atoms with Crippen molar-refractivity contribution in [3.8, 4) is 0 Å². The quantitative estimate of drug-likeness (QED) is 0.751. The molecule has 1 saturated heterocycles. The van der Waals surface area contributed by atoms with Crippen LogP contribution in [0.1, 0.15) is 37.8 Å². The van der Waals surface area contributed by atoms with E-state index in [1.54, 1.807) is 23.1 Å². The highest BCUT2D eigenvalue weighted by Gasteiger charge is 2.34. The summed E-state index contributed by atoms with van der Waals surface area (Å²) in [6, 6.07) is 14.8. The summed E-state index contributed by atoms with van der Waals surface area (Å²) in [5.74, 6) is -0.253. The van der Waals surface area contributed by atoms with E-state index in [-0.39, 0.29) is 28.7 Å². The van der Waals surface area contributed by atoms with Crippen molar-refractivity contribution in [1.82, 2.24) is 9.62 Å². The van der Waals surface area contributed by atoms with Gasteiger partial charge < -0.3 is 10.2 Å². The van der Waals surface area contributed by atoms with Crippen LogP contribution in [0.3, 0.4) is 0 Å². The maximum absolute atomic E-state index is 13.2. The molecular formula is C24H29N3O4S. The van der Waals surface area contributed by atoms with Gasteiger partial charge in [0.25, 0.3) is 0 Å². The first-order valence-electron chi connectivity index (χ1n) is 11.0. The lowest BCUT2D eigenvalue weighted by Crippen LogP contribution is -2.42. The number of sulfonamides is 1. The van der Waals surface area contributed by atoms with Gasteiger partial charge in [-0.2, -0.15) is 4.31 Å². The molecule has 1 atom stereocenters. The molecule has 0 saturated carbocycles. The molecule has 0 radical (unpaired) electrons.